The third kappa shape index (κ3) is 4.02. The van der Waals surface area contributed by atoms with Gasteiger partial charge in [-0.25, -0.2) is 0 Å². The maximum atomic E-state index is 2.44. The highest BCUT2D eigenvalue weighted by Crippen LogP contribution is 2.38. The summed E-state index contributed by atoms with van der Waals surface area (Å²) >= 11 is 1.91. The van der Waals surface area contributed by atoms with Gasteiger partial charge in [-0.2, -0.15) is 0 Å². The minimum absolute atomic E-state index is 0.210. The van der Waals surface area contributed by atoms with E-state index in [0.29, 0.717) is 0 Å². The summed E-state index contributed by atoms with van der Waals surface area (Å²) < 4.78 is 0. The van der Waals surface area contributed by atoms with Crippen LogP contribution in [0.1, 0.15) is 71.6 Å². The lowest BCUT2D eigenvalue weighted by Crippen LogP contribution is -2.18. The lowest BCUT2D eigenvalue weighted by atomic mass is 9.79. The van der Waals surface area contributed by atoms with Crippen molar-refractivity contribution in [3.63, 3.8) is 0 Å². The highest BCUT2D eigenvalue weighted by Gasteiger charge is 2.24. The van der Waals surface area contributed by atoms with E-state index < -0.39 is 0 Å². The highest BCUT2D eigenvalue weighted by molar-refractivity contribution is 7.98. The summed E-state index contributed by atoms with van der Waals surface area (Å²) in [4.78, 5) is 1.50. The third-order valence-electron chi connectivity index (χ3n) is 3.56. The molecule has 0 amide bonds. The lowest BCUT2D eigenvalue weighted by molar-refractivity contribution is 0.556. The molecule has 0 fully saturated rings. The first-order valence-corrected chi connectivity index (χ1v) is 8.55. The van der Waals surface area contributed by atoms with Gasteiger partial charge >= 0.3 is 0 Å². The van der Waals surface area contributed by atoms with E-state index >= 15 is 0 Å². The topological polar surface area (TPSA) is 0 Å². The fourth-order valence-corrected chi connectivity index (χ4v) is 3.38. The van der Waals surface area contributed by atoms with E-state index in [1.165, 1.54) is 34.4 Å². The Balaban J connectivity index is 3.55. The second kappa shape index (κ2) is 5.91. The molecule has 0 atom stereocenters. The molecule has 0 N–H and O–H groups in total. The van der Waals surface area contributed by atoms with Crippen molar-refractivity contribution in [2.75, 3.05) is 6.26 Å². The summed E-state index contributed by atoms with van der Waals surface area (Å²) in [6.45, 7) is 16.2. The molecule has 0 saturated heterocycles. The van der Waals surface area contributed by atoms with Crippen molar-refractivity contribution in [3.8, 4) is 0 Å². The minimum Gasteiger partial charge on any atom is -0.129 e. The lowest BCUT2D eigenvalue weighted by Gasteiger charge is -2.29. The van der Waals surface area contributed by atoms with Crippen molar-refractivity contribution >= 4 is 11.8 Å². The van der Waals surface area contributed by atoms with Crippen LogP contribution in [0.2, 0.25) is 0 Å². The summed E-state index contributed by atoms with van der Waals surface area (Å²) in [5.74, 6) is 0. The predicted octanol–water partition coefficient (Wildman–Crippen LogP) is 5.96. The van der Waals surface area contributed by atoms with Crippen LogP contribution in [0.5, 0.6) is 0 Å². The summed E-state index contributed by atoms with van der Waals surface area (Å²) in [5.41, 5.74) is 4.95. The van der Waals surface area contributed by atoms with Crippen LogP contribution in [0, 0.1) is 0 Å². The van der Waals surface area contributed by atoms with Gasteiger partial charge in [0.05, 0.1) is 0 Å². The number of hydrogen-bond acceptors (Lipinski definition) is 1. The molecule has 108 valence electrons. The number of aryl methyl sites for hydroxylation is 1. The Morgan fingerprint density at radius 1 is 0.947 bits per heavy atom. The van der Waals surface area contributed by atoms with Crippen molar-refractivity contribution in [3.05, 3.63) is 28.8 Å². The third-order valence-corrected chi connectivity index (χ3v) is 4.45. The Morgan fingerprint density at radius 2 is 1.53 bits per heavy atom. The van der Waals surface area contributed by atoms with Crippen LogP contribution >= 0.6 is 11.8 Å². The minimum atomic E-state index is 0.210. The van der Waals surface area contributed by atoms with Crippen LogP contribution in [-0.2, 0) is 17.3 Å². The van der Waals surface area contributed by atoms with Crippen molar-refractivity contribution in [1.29, 1.82) is 0 Å². The van der Waals surface area contributed by atoms with E-state index in [2.05, 4.69) is 66.9 Å². The fourth-order valence-electron chi connectivity index (χ4n) is 2.38. The van der Waals surface area contributed by atoms with Gasteiger partial charge < -0.3 is 0 Å². The molecular weight excluding hydrogens is 248 g/mol. The van der Waals surface area contributed by atoms with Gasteiger partial charge in [-0.05, 0) is 40.2 Å². The molecule has 0 bridgehead atoms. The predicted molar refractivity (Wildman–Crippen MR) is 89.6 cm³/mol. The number of benzene rings is 1. The monoisotopic (exact) mass is 278 g/mol. The van der Waals surface area contributed by atoms with Crippen LogP contribution in [0.15, 0.2) is 17.0 Å². The largest absolute Gasteiger partial charge is 0.129 e. The number of rotatable bonds is 3. The number of hydrogen-bond donors (Lipinski definition) is 0. The average molecular weight is 279 g/mol. The summed E-state index contributed by atoms with van der Waals surface area (Å²) in [6.07, 6.45) is 4.61. The van der Waals surface area contributed by atoms with Gasteiger partial charge in [-0.1, -0.05) is 67.0 Å². The van der Waals surface area contributed by atoms with Gasteiger partial charge in [0.1, 0.15) is 0 Å². The maximum Gasteiger partial charge on any atom is 0.0139 e. The van der Waals surface area contributed by atoms with Gasteiger partial charge in [0.15, 0.2) is 0 Å². The van der Waals surface area contributed by atoms with Crippen LogP contribution in [0.3, 0.4) is 0 Å². The summed E-state index contributed by atoms with van der Waals surface area (Å²) in [5, 5.41) is 0. The Bertz CT molecular complexity index is 430. The van der Waals surface area contributed by atoms with Gasteiger partial charge in [-0.15, -0.1) is 11.8 Å². The van der Waals surface area contributed by atoms with E-state index in [9.17, 15) is 0 Å². The van der Waals surface area contributed by atoms with Gasteiger partial charge in [-0.3, -0.25) is 0 Å². The molecule has 19 heavy (non-hydrogen) atoms. The van der Waals surface area contributed by atoms with Crippen molar-refractivity contribution in [1.82, 2.24) is 0 Å². The van der Waals surface area contributed by atoms with Gasteiger partial charge in [0.2, 0.25) is 0 Å². The zero-order valence-corrected chi connectivity index (χ0v) is 14.8. The van der Waals surface area contributed by atoms with Crippen LogP contribution < -0.4 is 0 Å². The average Bonchev–Trinajstić information content (AvgIpc) is 2.26. The van der Waals surface area contributed by atoms with Crippen molar-refractivity contribution in [2.45, 2.75) is 77.0 Å². The normalized spacial score (nSPS) is 12.8. The highest BCUT2D eigenvalue weighted by atomic mass is 32.2. The standard InChI is InChI=1S/C18H30S/c1-9-10-13-11-14(17(2,3)4)12-15(16(13)19-8)18(5,6)7/h11-12H,9-10H2,1-8H3. The summed E-state index contributed by atoms with van der Waals surface area (Å²) in [7, 11) is 0. The second-order valence-corrected chi connectivity index (χ2v) is 8.28. The second-order valence-electron chi connectivity index (χ2n) is 7.47. The zero-order chi connectivity index (χ0) is 14.8. The first-order valence-electron chi connectivity index (χ1n) is 7.33. The van der Waals surface area contributed by atoms with E-state index in [0.717, 1.165) is 0 Å². The molecule has 0 heterocycles. The molecular formula is C18H30S. The zero-order valence-electron chi connectivity index (χ0n) is 14.0. The quantitative estimate of drug-likeness (QED) is 0.615. The molecule has 0 aliphatic heterocycles. The maximum absolute atomic E-state index is 2.44. The molecule has 0 unspecified atom stereocenters. The molecule has 0 spiro atoms. The first kappa shape index (κ1) is 16.6. The Labute approximate surface area is 124 Å². The molecule has 1 rings (SSSR count). The van der Waals surface area contributed by atoms with E-state index in [4.69, 9.17) is 0 Å². The molecule has 0 aliphatic rings. The Hall–Kier alpha value is -0.430. The molecule has 1 aromatic rings. The first-order chi connectivity index (χ1) is 8.61. The van der Waals surface area contributed by atoms with E-state index in [1.54, 1.807) is 0 Å². The molecule has 0 radical (unpaired) electrons. The van der Waals surface area contributed by atoms with Crippen LogP contribution in [-0.4, -0.2) is 6.26 Å². The molecule has 0 nitrogen and oxygen atoms in total. The summed E-state index contributed by atoms with van der Waals surface area (Å²) in [6, 6.07) is 4.87. The van der Waals surface area contributed by atoms with Crippen molar-refractivity contribution < 1.29 is 0 Å². The fraction of sp³-hybridized carbons (Fsp3) is 0.667. The van der Waals surface area contributed by atoms with Crippen molar-refractivity contribution in [2.24, 2.45) is 0 Å². The molecule has 1 heteroatoms. The van der Waals surface area contributed by atoms with E-state index in [-0.39, 0.29) is 10.8 Å². The van der Waals surface area contributed by atoms with E-state index in [1.807, 2.05) is 11.8 Å². The molecule has 1 aromatic carbocycles. The van der Waals surface area contributed by atoms with Crippen LogP contribution in [0.25, 0.3) is 0 Å². The molecule has 0 saturated carbocycles. The number of thioether (sulfide) groups is 1. The Morgan fingerprint density at radius 3 is 1.89 bits per heavy atom. The molecule has 0 aliphatic carbocycles. The van der Waals surface area contributed by atoms with Gasteiger partial charge in [0, 0.05) is 4.90 Å². The Kier molecular flexibility index (Phi) is 5.17. The SMILES string of the molecule is CCCc1cc(C(C)(C)C)cc(C(C)(C)C)c1SC. The van der Waals surface area contributed by atoms with Crippen LogP contribution in [0.4, 0.5) is 0 Å². The molecule has 0 aromatic heterocycles. The smallest absolute Gasteiger partial charge is 0.0139 e. The van der Waals surface area contributed by atoms with Gasteiger partial charge in [0.25, 0.3) is 0 Å².